The number of thiophene rings is 1. The number of pyridine rings is 1. The number of aromatic nitrogens is 1. The van der Waals surface area contributed by atoms with Gasteiger partial charge in [0.1, 0.15) is 5.15 Å². The zero-order valence-corrected chi connectivity index (χ0v) is 10.4. The second-order valence-electron chi connectivity index (χ2n) is 3.26. The van der Waals surface area contributed by atoms with E-state index in [1.54, 1.807) is 23.5 Å². The molecule has 4 nitrogen and oxygen atoms in total. The number of nitrogens with zero attached hydrogens (tertiary/aromatic N) is 1. The van der Waals surface area contributed by atoms with Crippen LogP contribution in [0.25, 0.3) is 0 Å². The lowest BCUT2D eigenvalue weighted by atomic mass is 10.4. The predicted molar refractivity (Wildman–Crippen MR) is 69.4 cm³/mol. The van der Waals surface area contributed by atoms with Crippen LogP contribution in [-0.4, -0.2) is 11.0 Å². The Labute approximate surface area is 108 Å². The number of amides is 2. The highest BCUT2D eigenvalue weighted by Crippen LogP contribution is 2.10. The summed E-state index contributed by atoms with van der Waals surface area (Å²) in [5.74, 6) is 0. The van der Waals surface area contributed by atoms with Gasteiger partial charge in [0.15, 0.2) is 0 Å². The smallest absolute Gasteiger partial charge is 0.319 e. The molecule has 0 aliphatic heterocycles. The number of anilines is 1. The van der Waals surface area contributed by atoms with E-state index in [4.69, 9.17) is 11.6 Å². The molecule has 0 bridgehead atoms. The Morgan fingerprint density at radius 1 is 1.41 bits per heavy atom. The number of urea groups is 1. The number of nitrogens with one attached hydrogen (secondary N) is 2. The first-order valence-corrected chi connectivity index (χ1v) is 6.18. The predicted octanol–water partition coefficient (Wildman–Crippen LogP) is 3.12. The van der Waals surface area contributed by atoms with Gasteiger partial charge in [-0.1, -0.05) is 17.7 Å². The summed E-state index contributed by atoms with van der Waals surface area (Å²) in [5, 5.41) is 7.78. The van der Waals surface area contributed by atoms with E-state index in [1.165, 1.54) is 6.20 Å². The first-order valence-electron chi connectivity index (χ1n) is 4.93. The van der Waals surface area contributed by atoms with Crippen LogP contribution in [-0.2, 0) is 6.54 Å². The standard InChI is InChI=1S/C11H10ClN3OS/c12-10-4-3-8(6-13-10)15-11(16)14-7-9-2-1-5-17-9/h1-6H,7H2,(H2,14,15,16). The lowest BCUT2D eigenvalue weighted by Gasteiger charge is -2.06. The van der Waals surface area contributed by atoms with Gasteiger partial charge in [-0.05, 0) is 23.6 Å². The largest absolute Gasteiger partial charge is 0.333 e. The molecule has 88 valence electrons. The molecule has 0 aliphatic carbocycles. The Morgan fingerprint density at radius 3 is 2.94 bits per heavy atom. The first-order chi connectivity index (χ1) is 8.24. The Balaban J connectivity index is 1.83. The maximum atomic E-state index is 11.5. The van der Waals surface area contributed by atoms with Gasteiger partial charge in [-0.25, -0.2) is 9.78 Å². The summed E-state index contributed by atoms with van der Waals surface area (Å²) in [6, 6.07) is 6.97. The van der Waals surface area contributed by atoms with Crippen molar-refractivity contribution in [1.29, 1.82) is 0 Å². The molecular formula is C11H10ClN3OS. The van der Waals surface area contributed by atoms with Crippen molar-refractivity contribution in [3.8, 4) is 0 Å². The molecule has 2 N–H and O–H groups in total. The molecule has 0 saturated carbocycles. The minimum Gasteiger partial charge on any atom is -0.333 e. The van der Waals surface area contributed by atoms with Gasteiger partial charge in [0.25, 0.3) is 0 Å². The monoisotopic (exact) mass is 267 g/mol. The first kappa shape index (κ1) is 11.9. The lowest BCUT2D eigenvalue weighted by Crippen LogP contribution is -2.27. The minimum atomic E-state index is -0.262. The third kappa shape index (κ3) is 3.72. The van der Waals surface area contributed by atoms with Crippen LogP contribution in [0.5, 0.6) is 0 Å². The molecule has 0 aliphatic rings. The molecule has 6 heteroatoms. The van der Waals surface area contributed by atoms with Gasteiger partial charge in [0.05, 0.1) is 18.4 Å². The molecule has 0 saturated heterocycles. The van der Waals surface area contributed by atoms with E-state index in [-0.39, 0.29) is 6.03 Å². The van der Waals surface area contributed by atoms with E-state index in [1.807, 2.05) is 17.5 Å². The second-order valence-corrected chi connectivity index (χ2v) is 4.68. The van der Waals surface area contributed by atoms with Crippen LogP contribution < -0.4 is 10.6 Å². The minimum absolute atomic E-state index is 0.262. The highest BCUT2D eigenvalue weighted by Gasteiger charge is 2.02. The number of carbonyl (C=O) groups excluding carboxylic acids is 1. The van der Waals surface area contributed by atoms with Crippen LogP contribution >= 0.6 is 22.9 Å². The number of hydrogen-bond donors (Lipinski definition) is 2. The molecule has 2 heterocycles. The van der Waals surface area contributed by atoms with Crippen molar-refractivity contribution in [2.45, 2.75) is 6.54 Å². The number of carbonyl (C=O) groups is 1. The zero-order valence-electron chi connectivity index (χ0n) is 8.81. The van der Waals surface area contributed by atoms with Crippen molar-refractivity contribution in [3.05, 3.63) is 45.9 Å². The van der Waals surface area contributed by atoms with Gasteiger partial charge in [-0.2, -0.15) is 0 Å². The van der Waals surface area contributed by atoms with Crippen molar-refractivity contribution in [1.82, 2.24) is 10.3 Å². The SMILES string of the molecule is O=C(NCc1cccs1)Nc1ccc(Cl)nc1. The molecule has 2 aromatic rings. The van der Waals surface area contributed by atoms with E-state index < -0.39 is 0 Å². The Kier molecular flexibility index (Phi) is 3.95. The molecule has 17 heavy (non-hydrogen) atoms. The maximum Gasteiger partial charge on any atom is 0.319 e. The highest BCUT2D eigenvalue weighted by atomic mass is 35.5. The summed E-state index contributed by atoms with van der Waals surface area (Å²) in [6.07, 6.45) is 1.51. The van der Waals surface area contributed by atoms with Gasteiger partial charge in [-0.15, -0.1) is 11.3 Å². The van der Waals surface area contributed by atoms with E-state index >= 15 is 0 Å². The molecule has 0 unspecified atom stereocenters. The van der Waals surface area contributed by atoms with Crippen LogP contribution in [0.15, 0.2) is 35.8 Å². The van der Waals surface area contributed by atoms with Crippen LogP contribution in [0, 0.1) is 0 Å². The average Bonchev–Trinajstić information content (AvgIpc) is 2.83. The molecule has 0 spiro atoms. The normalized spacial score (nSPS) is 9.94. The molecule has 0 atom stereocenters. The Bertz CT molecular complexity index is 484. The fraction of sp³-hybridized carbons (Fsp3) is 0.0909. The third-order valence-electron chi connectivity index (χ3n) is 1.99. The highest BCUT2D eigenvalue weighted by molar-refractivity contribution is 7.09. The molecule has 2 aromatic heterocycles. The molecule has 2 rings (SSSR count). The fourth-order valence-corrected chi connectivity index (χ4v) is 1.96. The fourth-order valence-electron chi connectivity index (χ4n) is 1.21. The van der Waals surface area contributed by atoms with E-state index in [0.29, 0.717) is 17.4 Å². The summed E-state index contributed by atoms with van der Waals surface area (Å²) < 4.78 is 0. The zero-order chi connectivity index (χ0) is 12.1. The number of rotatable bonds is 3. The number of halogens is 1. The van der Waals surface area contributed by atoms with Crippen molar-refractivity contribution < 1.29 is 4.79 Å². The summed E-state index contributed by atoms with van der Waals surface area (Å²) in [7, 11) is 0. The summed E-state index contributed by atoms with van der Waals surface area (Å²) in [6.45, 7) is 0.518. The maximum absolute atomic E-state index is 11.5. The van der Waals surface area contributed by atoms with Crippen LogP contribution in [0.2, 0.25) is 5.15 Å². The second kappa shape index (κ2) is 5.65. The van der Waals surface area contributed by atoms with Gasteiger partial charge in [0.2, 0.25) is 0 Å². The van der Waals surface area contributed by atoms with Gasteiger partial charge in [0, 0.05) is 4.88 Å². The van der Waals surface area contributed by atoms with Crippen LogP contribution in [0.4, 0.5) is 10.5 Å². The van der Waals surface area contributed by atoms with E-state index in [2.05, 4.69) is 15.6 Å². The Morgan fingerprint density at radius 2 is 2.29 bits per heavy atom. The van der Waals surface area contributed by atoms with Gasteiger partial charge >= 0.3 is 6.03 Å². The molecule has 2 amide bonds. The van der Waals surface area contributed by atoms with Crippen LogP contribution in [0.3, 0.4) is 0 Å². The third-order valence-corrected chi connectivity index (χ3v) is 3.09. The van der Waals surface area contributed by atoms with Crippen molar-refractivity contribution in [2.24, 2.45) is 0 Å². The molecular weight excluding hydrogens is 258 g/mol. The van der Waals surface area contributed by atoms with Crippen molar-refractivity contribution in [2.75, 3.05) is 5.32 Å². The molecule has 0 aromatic carbocycles. The summed E-state index contributed by atoms with van der Waals surface area (Å²) in [4.78, 5) is 16.5. The average molecular weight is 268 g/mol. The van der Waals surface area contributed by atoms with Crippen molar-refractivity contribution in [3.63, 3.8) is 0 Å². The molecule has 0 radical (unpaired) electrons. The summed E-state index contributed by atoms with van der Waals surface area (Å²) >= 11 is 7.24. The van der Waals surface area contributed by atoms with E-state index in [0.717, 1.165) is 4.88 Å². The van der Waals surface area contributed by atoms with E-state index in [9.17, 15) is 4.79 Å². The van der Waals surface area contributed by atoms with Gasteiger partial charge < -0.3 is 10.6 Å². The Hall–Kier alpha value is -1.59. The summed E-state index contributed by atoms with van der Waals surface area (Å²) in [5.41, 5.74) is 0.609. The molecule has 0 fully saturated rings. The lowest BCUT2D eigenvalue weighted by molar-refractivity contribution is 0.252. The topological polar surface area (TPSA) is 54.0 Å². The van der Waals surface area contributed by atoms with Gasteiger partial charge in [-0.3, -0.25) is 0 Å². The van der Waals surface area contributed by atoms with Crippen LogP contribution in [0.1, 0.15) is 4.88 Å². The number of hydrogen-bond acceptors (Lipinski definition) is 3. The quantitative estimate of drug-likeness (QED) is 0.840. The van der Waals surface area contributed by atoms with Crippen molar-refractivity contribution >= 4 is 34.7 Å².